The molecule has 0 saturated carbocycles. The molecule has 0 atom stereocenters. The highest BCUT2D eigenvalue weighted by atomic mass is 32.1. The molecule has 1 aromatic rings. The minimum absolute atomic E-state index is 1.02. The summed E-state index contributed by atoms with van der Waals surface area (Å²) >= 11 is 4.35. The van der Waals surface area contributed by atoms with Gasteiger partial charge in [-0.3, -0.25) is 0 Å². The van der Waals surface area contributed by atoms with Gasteiger partial charge in [-0.1, -0.05) is 0 Å². The number of fused-ring (bicyclic) bond motifs is 2. The van der Waals surface area contributed by atoms with Crippen molar-refractivity contribution in [1.82, 2.24) is 4.90 Å². The maximum atomic E-state index is 4.66. The molecule has 2 nitrogen and oxygen atoms in total. The second kappa shape index (κ2) is 3.02. The molecule has 0 aliphatic carbocycles. The third-order valence-corrected chi connectivity index (χ3v) is 3.15. The van der Waals surface area contributed by atoms with Crippen LogP contribution in [0.3, 0.4) is 0 Å². The molecule has 0 amide bonds. The lowest BCUT2D eigenvalue weighted by Crippen LogP contribution is -2.26. The summed E-state index contributed by atoms with van der Waals surface area (Å²) in [5.74, 6) is 1.27. The standard InChI is InChI=1S/C11H12N2S/c14-9-3-4-10-8(6-9)7-13-5-1-2-11(13)12-10/h3-4,6,14H,1-2,5,7H2. The normalized spacial score (nSPS) is 18.9. The van der Waals surface area contributed by atoms with Crippen LogP contribution in [0.15, 0.2) is 28.1 Å². The fourth-order valence-electron chi connectivity index (χ4n) is 2.16. The Labute approximate surface area is 89.1 Å². The third-order valence-electron chi connectivity index (χ3n) is 2.87. The van der Waals surface area contributed by atoms with E-state index >= 15 is 0 Å². The van der Waals surface area contributed by atoms with Crippen LogP contribution < -0.4 is 0 Å². The van der Waals surface area contributed by atoms with E-state index in [2.05, 4.69) is 34.7 Å². The summed E-state index contributed by atoms with van der Waals surface area (Å²) in [4.78, 5) is 8.06. The van der Waals surface area contributed by atoms with Crippen molar-refractivity contribution in [3.8, 4) is 0 Å². The molecule has 0 unspecified atom stereocenters. The highest BCUT2D eigenvalue weighted by Gasteiger charge is 2.23. The van der Waals surface area contributed by atoms with Crippen LogP contribution in [0.5, 0.6) is 0 Å². The lowest BCUT2D eigenvalue weighted by molar-refractivity contribution is 0.442. The van der Waals surface area contributed by atoms with Crippen molar-refractivity contribution in [2.45, 2.75) is 24.3 Å². The molecule has 3 heteroatoms. The van der Waals surface area contributed by atoms with Gasteiger partial charge in [-0.05, 0) is 30.2 Å². The van der Waals surface area contributed by atoms with Gasteiger partial charge in [-0.2, -0.15) is 0 Å². The van der Waals surface area contributed by atoms with E-state index < -0.39 is 0 Å². The smallest absolute Gasteiger partial charge is 0.105 e. The fraction of sp³-hybridized carbons (Fsp3) is 0.364. The Morgan fingerprint density at radius 2 is 2.29 bits per heavy atom. The van der Waals surface area contributed by atoms with Gasteiger partial charge in [0.2, 0.25) is 0 Å². The van der Waals surface area contributed by atoms with Crippen LogP contribution in [0.2, 0.25) is 0 Å². The molecule has 0 bridgehead atoms. The summed E-state index contributed by atoms with van der Waals surface area (Å²) in [5, 5.41) is 0. The van der Waals surface area contributed by atoms with E-state index in [4.69, 9.17) is 0 Å². The average Bonchev–Trinajstić information content (AvgIpc) is 2.61. The molecule has 1 aromatic carbocycles. The van der Waals surface area contributed by atoms with Gasteiger partial charge in [0.25, 0.3) is 0 Å². The van der Waals surface area contributed by atoms with Crippen molar-refractivity contribution in [3.63, 3.8) is 0 Å². The topological polar surface area (TPSA) is 15.6 Å². The van der Waals surface area contributed by atoms with Gasteiger partial charge in [0.05, 0.1) is 5.69 Å². The molecule has 14 heavy (non-hydrogen) atoms. The number of amidine groups is 1. The largest absolute Gasteiger partial charge is 0.356 e. The molecular formula is C11H12N2S. The molecule has 0 radical (unpaired) electrons. The zero-order chi connectivity index (χ0) is 9.54. The van der Waals surface area contributed by atoms with Crippen LogP contribution in [0.4, 0.5) is 5.69 Å². The molecule has 72 valence electrons. The van der Waals surface area contributed by atoms with Crippen LogP contribution in [-0.2, 0) is 6.54 Å². The Bertz CT molecular complexity index is 412. The molecule has 1 fully saturated rings. The van der Waals surface area contributed by atoms with Crippen LogP contribution in [0, 0.1) is 0 Å². The second-order valence-electron chi connectivity index (χ2n) is 3.87. The molecule has 2 heterocycles. The lowest BCUT2D eigenvalue weighted by Gasteiger charge is -2.24. The van der Waals surface area contributed by atoms with Crippen molar-refractivity contribution < 1.29 is 0 Å². The first kappa shape index (κ1) is 8.36. The first-order valence-electron chi connectivity index (χ1n) is 4.97. The minimum Gasteiger partial charge on any atom is -0.356 e. The summed E-state index contributed by atoms with van der Waals surface area (Å²) in [7, 11) is 0. The van der Waals surface area contributed by atoms with E-state index in [-0.39, 0.29) is 0 Å². The molecule has 0 spiro atoms. The summed E-state index contributed by atoms with van der Waals surface area (Å²) in [6.45, 7) is 2.18. The lowest BCUT2D eigenvalue weighted by atomic mass is 10.1. The zero-order valence-corrected chi connectivity index (χ0v) is 8.80. The maximum absolute atomic E-state index is 4.66. The van der Waals surface area contributed by atoms with Gasteiger partial charge in [0.15, 0.2) is 0 Å². The monoisotopic (exact) mass is 204 g/mol. The van der Waals surface area contributed by atoms with E-state index in [9.17, 15) is 0 Å². The first-order chi connectivity index (χ1) is 6.83. The van der Waals surface area contributed by atoms with Gasteiger partial charge in [-0.15, -0.1) is 12.6 Å². The van der Waals surface area contributed by atoms with Crippen molar-refractivity contribution >= 4 is 24.2 Å². The van der Waals surface area contributed by atoms with Crippen molar-refractivity contribution in [1.29, 1.82) is 0 Å². The van der Waals surface area contributed by atoms with Gasteiger partial charge in [0.1, 0.15) is 5.84 Å². The van der Waals surface area contributed by atoms with Gasteiger partial charge < -0.3 is 4.90 Å². The highest BCUT2D eigenvalue weighted by Crippen LogP contribution is 2.31. The van der Waals surface area contributed by atoms with E-state index in [0.717, 1.165) is 30.1 Å². The molecule has 0 aromatic heterocycles. The van der Waals surface area contributed by atoms with E-state index in [1.165, 1.54) is 17.8 Å². The number of rotatable bonds is 0. The van der Waals surface area contributed by atoms with Crippen LogP contribution in [-0.4, -0.2) is 17.3 Å². The maximum Gasteiger partial charge on any atom is 0.105 e. The van der Waals surface area contributed by atoms with Gasteiger partial charge in [0, 0.05) is 24.4 Å². The number of aliphatic imine (C=N–C) groups is 1. The zero-order valence-electron chi connectivity index (χ0n) is 7.90. The third kappa shape index (κ3) is 1.23. The second-order valence-corrected chi connectivity index (χ2v) is 4.38. The predicted molar refractivity (Wildman–Crippen MR) is 60.4 cm³/mol. The van der Waals surface area contributed by atoms with E-state index in [1.807, 2.05) is 6.07 Å². The Morgan fingerprint density at radius 1 is 1.36 bits per heavy atom. The van der Waals surface area contributed by atoms with Crippen molar-refractivity contribution in [2.75, 3.05) is 6.54 Å². The molecular weight excluding hydrogens is 192 g/mol. The Morgan fingerprint density at radius 3 is 3.21 bits per heavy atom. The SMILES string of the molecule is Sc1ccc2c(c1)CN1CCCC1=N2. The predicted octanol–water partition coefficient (Wildman–Crippen LogP) is 2.61. The van der Waals surface area contributed by atoms with Crippen molar-refractivity contribution in [3.05, 3.63) is 23.8 Å². The summed E-state index contributed by atoms with van der Waals surface area (Å²) in [6, 6.07) is 6.20. The fourth-order valence-corrected chi connectivity index (χ4v) is 2.39. The van der Waals surface area contributed by atoms with E-state index in [1.54, 1.807) is 0 Å². The number of nitrogens with zero attached hydrogens (tertiary/aromatic N) is 2. The van der Waals surface area contributed by atoms with Crippen LogP contribution in [0.25, 0.3) is 0 Å². The first-order valence-corrected chi connectivity index (χ1v) is 5.42. The molecule has 3 rings (SSSR count). The minimum atomic E-state index is 1.02. The Balaban J connectivity index is 2.09. The number of hydrogen-bond donors (Lipinski definition) is 1. The van der Waals surface area contributed by atoms with E-state index in [0.29, 0.717) is 0 Å². The molecule has 2 aliphatic heterocycles. The van der Waals surface area contributed by atoms with Gasteiger partial charge in [-0.25, -0.2) is 4.99 Å². The molecule has 2 aliphatic rings. The molecule has 0 N–H and O–H groups in total. The number of benzene rings is 1. The molecule has 1 saturated heterocycles. The van der Waals surface area contributed by atoms with Crippen LogP contribution in [0.1, 0.15) is 18.4 Å². The average molecular weight is 204 g/mol. The van der Waals surface area contributed by atoms with Crippen LogP contribution >= 0.6 is 12.6 Å². The number of hydrogen-bond acceptors (Lipinski definition) is 3. The Hall–Kier alpha value is -0.960. The summed E-state index contributed by atoms with van der Waals surface area (Å²) < 4.78 is 0. The van der Waals surface area contributed by atoms with Gasteiger partial charge >= 0.3 is 0 Å². The Kier molecular flexibility index (Phi) is 1.80. The summed E-state index contributed by atoms with van der Waals surface area (Å²) in [6.07, 6.45) is 2.39. The van der Waals surface area contributed by atoms with Crippen molar-refractivity contribution in [2.24, 2.45) is 4.99 Å². The quantitative estimate of drug-likeness (QED) is 0.642. The number of thiol groups is 1. The highest BCUT2D eigenvalue weighted by molar-refractivity contribution is 7.80. The summed E-state index contributed by atoms with van der Waals surface area (Å²) in [5.41, 5.74) is 2.44.